The lowest BCUT2D eigenvalue weighted by molar-refractivity contribution is 0.102. The molecule has 2 heterocycles. The Labute approximate surface area is 122 Å². The maximum atomic E-state index is 12.1. The summed E-state index contributed by atoms with van der Waals surface area (Å²) in [5, 5.41) is 3.21. The van der Waals surface area contributed by atoms with Crippen molar-refractivity contribution in [1.82, 2.24) is 9.97 Å². The van der Waals surface area contributed by atoms with Crippen LogP contribution >= 0.6 is 11.6 Å². The molecule has 104 valence electrons. The van der Waals surface area contributed by atoms with Gasteiger partial charge in [0.2, 0.25) is 0 Å². The fourth-order valence-corrected chi connectivity index (χ4v) is 1.88. The predicted molar refractivity (Wildman–Crippen MR) is 79.8 cm³/mol. The van der Waals surface area contributed by atoms with Gasteiger partial charge in [0.1, 0.15) is 11.6 Å². The predicted octanol–water partition coefficient (Wildman–Crippen LogP) is 2.92. The van der Waals surface area contributed by atoms with Crippen molar-refractivity contribution in [3.05, 3.63) is 46.7 Å². The first-order valence-corrected chi connectivity index (χ1v) is 6.65. The summed E-state index contributed by atoms with van der Waals surface area (Å²) in [5.74, 6) is 0.503. The fourth-order valence-electron chi connectivity index (χ4n) is 1.76. The minimum Gasteiger partial charge on any atom is -0.384 e. The number of aryl methyl sites for hydroxylation is 1. The van der Waals surface area contributed by atoms with Gasteiger partial charge in [-0.3, -0.25) is 4.79 Å². The Hall–Kier alpha value is -2.14. The van der Waals surface area contributed by atoms with Crippen LogP contribution in [0.15, 0.2) is 30.5 Å². The summed E-state index contributed by atoms with van der Waals surface area (Å²) in [6, 6.07) is 6.58. The van der Waals surface area contributed by atoms with E-state index in [9.17, 15) is 4.79 Å². The number of pyridine rings is 2. The van der Waals surface area contributed by atoms with Gasteiger partial charge in [0, 0.05) is 17.5 Å². The van der Waals surface area contributed by atoms with E-state index in [0.29, 0.717) is 22.2 Å². The number of carbonyl (C=O) groups is 1. The van der Waals surface area contributed by atoms with Gasteiger partial charge in [0.05, 0.1) is 5.02 Å². The van der Waals surface area contributed by atoms with Crippen molar-refractivity contribution in [1.29, 1.82) is 0 Å². The standard InChI is InChI=1S/C14H15ClN4O/c1-2-3-11-6-9(7-12(16)18-11)14(20)19-13-5-4-10(15)8-17-13/h4-8H,2-3H2,1H3,(H2,16,18)(H,17,19,20). The molecule has 6 heteroatoms. The fraction of sp³-hybridized carbons (Fsp3) is 0.214. The Morgan fingerprint density at radius 1 is 1.40 bits per heavy atom. The summed E-state index contributed by atoms with van der Waals surface area (Å²) < 4.78 is 0. The summed E-state index contributed by atoms with van der Waals surface area (Å²) in [7, 11) is 0. The monoisotopic (exact) mass is 290 g/mol. The van der Waals surface area contributed by atoms with Crippen molar-refractivity contribution in [2.24, 2.45) is 0 Å². The van der Waals surface area contributed by atoms with Gasteiger partial charge in [-0.2, -0.15) is 0 Å². The molecule has 0 unspecified atom stereocenters. The molecule has 1 amide bonds. The largest absolute Gasteiger partial charge is 0.384 e. The van der Waals surface area contributed by atoms with E-state index >= 15 is 0 Å². The van der Waals surface area contributed by atoms with Crippen molar-refractivity contribution < 1.29 is 4.79 Å². The van der Waals surface area contributed by atoms with Crippen LogP contribution in [0.4, 0.5) is 11.6 Å². The molecule has 0 bridgehead atoms. The number of rotatable bonds is 4. The smallest absolute Gasteiger partial charge is 0.257 e. The maximum Gasteiger partial charge on any atom is 0.257 e. The minimum atomic E-state index is -0.272. The van der Waals surface area contributed by atoms with E-state index in [4.69, 9.17) is 17.3 Å². The van der Waals surface area contributed by atoms with Crippen LogP contribution in [0, 0.1) is 0 Å². The van der Waals surface area contributed by atoms with Crippen molar-refractivity contribution in [2.45, 2.75) is 19.8 Å². The molecule has 0 radical (unpaired) electrons. The molecule has 5 nitrogen and oxygen atoms in total. The number of carbonyl (C=O) groups excluding carboxylic acids is 1. The topological polar surface area (TPSA) is 80.9 Å². The molecule has 0 saturated carbocycles. The van der Waals surface area contributed by atoms with Crippen molar-refractivity contribution in [3.63, 3.8) is 0 Å². The van der Waals surface area contributed by atoms with Gasteiger partial charge in [0.15, 0.2) is 0 Å². The molecule has 0 aliphatic carbocycles. The van der Waals surface area contributed by atoms with Gasteiger partial charge in [0.25, 0.3) is 5.91 Å². The number of anilines is 2. The molecule has 0 saturated heterocycles. The zero-order valence-electron chi connectivity index (χ0n) is 11.1. The lowest BCUT2D eigenvalue weighted by Gasteiger charge is -2.07. The third-order valence-electron chi connectivity index (χ3n) is 2.64. The van der Waals surface area contributed by atoms with Crippen LogP contribution in [0.3, 0.4) is 0 Å². The van der Waals surface area contributed by atoms with E-state index in [-0.39, 0.29) is 5.91 Å². The number of amides is 1. The first-order chi connectivity index (χ1) is 9.58. The Kier molecular flexibility index (Phi) is 4.53. The molecule has 0 aliphatic rings. The second kappa shape index (κ2) is 6.34. The summed E-state index contributed by atoms with van der Waals surface area (Å²) in [5.41, 5.74) is 6.99. The highest BCUT2D eigenvalue weighted by atomic mass is 35.5. The number of aromatic nitrogens is 2. The Morgan fingerprint density at radius 2 is 2.20 bits per heavy atom. The molecule has 0 spiro atoms. The van der Waals surface area contributed by atoms with E-state index in [1.165, 1.54) is 6.20 Å². The summed E-state index contributed by atoms with van der Waals surface area (Å²) >= 11 is 5.74. The molecule has 0 fully saturated rings. The molecule has 2 aromatic heterocycles. The number of nitrogens with two attached hydrogens (primary N) is 1. The summed E-state index contributed by atoms with van der Waals surface area (Å²) in [6.07, 6.45) is 3.20. The highest BCUT2D eigenvalue weighted by Crippen LogP contribution is 2.13. The molecule has 0 aliphatic heterocycles. The number of nitrogens with zero attached hydrogens (tertiary/aromatic N) is 2. The number of nitrogens with one attached hydrogen (secondary N) is 1. The average Bonchev–Trinajstić information content (AvgIpc) is 2.41. The molecule has 2 aromatic rings. The highest BCUT2D eigenvalue weighted by Gasteiger charge is 2.09. The number of nitrogen functional groups attached to an aromatic ring is 1. The first-order valence-electron chi connectivity index (χ1n) is 6.28. The van der Waals surface area contributed by atoms with Crippen LogP contribution in [-0.4, -0.2) is 15.9 Å². The lowest BCUT2D eigenvalue weighted by atomic mass is 10.1. The van der Waals surface area contributed by atoms with Gasteiger partial charge in [-0.25, -0.2) is 9.97 Å². The normalized spacial score (nSPS) is 10.3. The zero-order chi connectivity index (χ0) is 14.5. The van der Waals surface area contributed by atoms with Crippen LogP contribution in [0.1, 0.15) is 29.4 Å². The van der Waals surface area contributed by atoms with Gasteiger partial charge < -0.3 is 11.1 Å². The van der Waals surface area contributed by atoms with Crippen molar-refractivity contribution >= 4 is 29.1 Å². The third-order valence-corrected chi connectivity index (χ3v) is 2.86. The molecule has 0 atom stereocenters. The van der Waals surface area contributed by atoms with Gasteiger partial charge >= 0.3 is 0 Å². The van der Waals surface area contributed by atoms with E-state index in [1.807, 2.05) is 6.92 Å². The van der Waals surface area contributed by atoms with Crippen LogP contribution in [0.2, 0.25) is 5.02 Å². The van der Waals surface area contributed by atoms with Gasteiger partial charge in [-0.1, -0.05) is 24.9 Å². The summed E-state index contributed by atoms with van der Waals surface area (Å²) in [4.78, 5) is 20.3. The number of hydrogen-bond donors (Lipinski definition) is 2. The number of hydrogen-bond acceptors (Lipinski definition) is 4. The lowest BCUT2D eigenvalue weighted by Crippen LogP contribution is -2.14. The van der Waals surface area contributed by atoms with E-state index in [1.54, 1.807) is 24.3 Å². The first kappa shape index (κ1) is 14.3. The van der Waals surface area contributed by atoms with E-state index in [0.717, 1.165) is 18.5 Å². The molecule has 0 aromatic carbocycles. The van der Waals surface area contributed by atoms with Crippen molar-refractivity contribution in [3.8, 4) is 0 Å². The molecular formula is C14H15ClN4O. The SMILES string of the molecule is CCCc1cc(C(=O)Nc2ccc(Cl)cn2)cc(N)n1. The molecule has 3 N–H and O–H groups in total. The van der Waals surface area contributed by atoms with Crippen LogP contribution < -0.4 is 11.1 Å². The quantitative estimate of drug-likeness (QED) is 0.907. The van der Waals surface area contributed by atoms with E-state index in [2.05, 4.69) is 15.3 Å². The second-order valence-corrected chi connectivity index (χ2v) is 4.77. The third kappa shape index (κ3) is 3.68. The Bertz CT molecular complexity index is 613. The van der Waals surface area contributed by atoms with Crippen LogP contribution in [0.5, 0.6) is 0 Å². The summed E-state index contributed by atoms with van der Waals surface area (Å²) in [6.45, 7) is 2.04. The van der Waals surface area contributed by atoms with Gasteiger partial charge in [-0.15, -0.1) is 0 Å². The maximum absolute atomic E-state index is 12.1. The Morgan fingerprint density at radius 3 is 2.85 bits per heavy atom. The molecular weight excluding hydrogens is 276 g/mol. The van der Waals surface area contributed by atoms with Crippen molar-refractivity contribution in [2.75, 3.05) is 11.1 Å². The van der Waals surface area contributed by atoms with Crippen LogP contribution in [0.25, 0.3) is 0 Å². The highest BCUT2D eigenvalue weighted by molar-refractivity contribution is 6.30. The zero-order valence-corrected chi connectivity index (χ0v) is 11.8. The van der Waals surface area contributed by atoms with E-state index < -0.39 is 0 Å². The van der Waals surface area contributed by atoms with Crippen LogP contribution in [-0.2, 0) is 6.42 Å². The average molecular weight is 291 g/mol. The molecule has 20 heavy (non-hydrogen) atoms. The Balaban J connectivity index is 2.18. The van der Waals surface area contributed by atoms with Gasteiger partial charge in [-0.05, 0) is 30.7 Å². The molecule has 2 rings (SSSR count). The minimum absolute atomic E-state index is 0.272. The second-order valence-electron chi connectivity index (χ2n) is 4.34. The number of halogens is 1.